The van der Waals surface area contributed by atoms with Crippen LogP contribution in [0, 0.1) is 17.7 Å². The van der Waals surface area contributed by atoms with Crippen LogP contribution in [-0.2, 0) is 4.79 Å². The molecule has 1 amide bonds. The van der Waals surface area contributed by atoms with E-state index in [0.29, 0.717) is 41.4 Å². The summed E-state index contributed by atoms with van der Waals surface area (Å²) < 4.78 is 19.8. The molecule has 144 valence electrons. The summed E-state index contributed by atoms with van der Waals surface area (Å²) in [6.07, 6.45) is 3.74. The second-order valence-electron chi connectivity index (χ2n) is 6.80. The fraction of sp³-hybridized carbons (Fsp3) is 0.286. The van der Waals surface area contributed by atoms with E-state index in [2.05, 4.69) is 22.1 Å². The predicted octanol–water partition coefficient (Wildman–Crippen LogP) is 2.07. The van der Waals surface area contributed by atoms with Gasteiger partial charge in [0.15, 0.2) is 0 Å². The minimum absolute atomic E-state index is 0.187. The van der Waals surface area contributed by atoms with Crippen molar-refractivity contribution in [1.29, 1.82) is 0 Å². The topological polar surface area (TPSA) is 77.6 Å². The summed E-state index contributed by atoms with van der Waals surface area (Å²) in [5.74, 6) is 5.66. The van der Waals surface area contributed by atoms with Crippen molar-refractivity contribution in [2.45, 2.75) is 12.5 Å². The van der Waals surface area contributed by atoms with E-state index in [4.69, 9.17) is 4.74 Å². The molecule has 0 saturated carbocycles. The predicted molar refractivity (Wildman–Crippen MR) is 104 cm³/mol. The SMILES string of the molecule is COc1cc[nH]c1C=C1C(=O)Nc2ccc(F)c(C#CCN3CCC(O)C3)c21. The summed E-state index contributed by atoms with van der Waals surface area (Å²) >= 11 is 0. The lowest BCUT2D eigenvalue weighted by Crippen LogP contribution is -2.22. The van der Waals surface area contributed by atoms with E-state index in [9.17, 15) is 14.3 Å². The van der Waals surface area contributed by atoms with Crippen molar-refractivity contribution in [2.24, 2.45) is 0 Å². The maximum Gasteiger partial charge on any atom is 0.256 e. The molecular formula is C21H20FN3O3. The largest absolute Gasteiger partial charge is 0.495 e. The van der Waals surface area contributed by atoms with Gasteiger partial charge in [0.25, 0.3) is 5.91 Å². The number of carbonyl (C=O) groups excluding carboxylic acids is 1. The average molecular weight is 381 g/mol. The second kappa shape index (κ2) is 7.50. The van der Waals surface area contributed by atoms with E-state index < -0.39 is 5.82 Å². The van der Waals surface area contributed by atoms with Crippen molar-refractivity contribution < 1.29 is 19.0 Å². The number of aliphatic hydroxyl groups excluding tert-OH is 1. The number of halogens is 1. The fourth-order valence-electron chi connectivity index (χ4n) is 3.52. The van der Waals surface area contributed by atoms with Gasteiger partial charge in [0.1, 0.15) is 11.6 Å². The third-order valence-corrected chi connectivity index (χ3v) is 4.93. The van der Waals surface area contributed by atoms with E-state index in [1.165, 1.54) is 12.1 Å². The molecule has 6 nitrogen and oxygen atoms in total. The van der Waals surface area contributed by atoms with Crippen LogP contribution in [0.5, 0.6) is 5.75 Å². The van der Waals surface area contributed by atoms with Gasteiger partial charge in [-0.15, -0.1) is 0 Å². The number of aromatic amines is 1. The molecule has 3 N–H and O–H groups in total. The molecule has 3 heterocycles. The summed E-state index contributed by atoms with van der Waals surface area (Å²) in [6, 6.07) is 4.59. The standard InChI is InChI=1S/C21H20FN3O3/c1-28-19-6-8-23-18(19)11-15-20-14(3-2-9-25-10-7-13(26)12-25)16(22)4-5-17(20)24-21(15)27/h4-6,8,11,13,23,26H,7,9-10,12H2,1H3,(H,24,27). The van der Waals surface area contributed by atoms with Crippen LogP contribution >= 0.6 is 0 Å². The maximum absolute atomic E-state index is 14.6. The summed E-state index contributed by atoms with van der Waals surface area (Å²) in [7, 11) is 1.54. The molecule has 1 fully saturated rings. The molecule has 1 atom stereocenters. The lowest BCUT2D eigenvalue weighted by atomic mass is 9.99. The van der Waals surface area contributed by atoms with Gasteiger partial charge in [-0.05, 0) is 30.7 Å². The van der Waals surface area contributed by atoms with Gasteiger partial charge in [0, 0.05) is 24.8 Å². The van der Waals surface area contributed by atoms with Crippen molar-refractivity contribution in [2.75, 3.05) is 32.1 Å². The summed E-state index contributed by atoms with van der Waals surface area (Å²) in [4.78, 5) is 17.5. The van der Waals surface area contributed by atoms with Gasteiger partial charge in [-0.25, -0.2) is 4.39 Å². The minimum atomic E-state index is -0.478. The highest BCUT2D eigenvalue weighted by molar-refractivity contribution is 6.35. The monoisotopic (exact) mass is 381 g/mol. The van der Waals surface area contributed by atoms with Crippen molar-refractivity contribution in [3.63, 3.8) is 0 Å². The number of rotatable bonds is 3. The molecule has 2 aromatic rings. The normalized spacial score (nSPS) is 20.0. The molecule has 1 aromatic heterocycles. The van der Waals surface area contributed by atoms with Gasteiger partial charge in [0.2, 0.25) is 0 Å². The van der Waals surface area contributed by atoms with Crippen molar-refractivity contribution in [1.82, 2.24) is 9.88 Å². The lowest BCUT2D eigenvalue weighted by Gasteiger charge is -2.09. The number of fused-ring (bicyclic) bond motifs is 1. The molecular weight excluding hydrogens is 361 g/mol. The zero-order valence-corrected chi connectivity index (χ0v) is 15.4. The zero-order valence-electron chi connectivity index (χ0n) is 15.4. The van der Waals surface area contributed by atoms with Crippen molar-refractivity contribution in [3.8, 4) is 17.6 Å². The van der Waals surface area contributed by atoms with Gasteiger partial charge in [-0.1, -0.05) is 11.8 Å². The van der Waals surface area contributed by atoms with Gasteiger partial charge in [-0.2, -0.15) is 0 Å². The highest BCUT2D eigenvalue weighted by Crippen LogP contribution is 2.37. The Hall–Kier alpha value is -3.08. The lowest BCUT2D eigenvalue weighted by molar-refractivity contribution is -0.110. The molecule has 2 aliphatic heterocycles. The first-order valence-electron chi connectivity index (χ1n) is 9.03. The number of hydrogen-bond acceptors (Lipinski definition) is 4. The second-order valence-corrected chi connectivity index (χ2v) is 6.80. The van der Waals surface area contributed by atoms with E-state index >= 15 is 0 Å². The molecule has 28 heavy (non-hydrogen) atoms. The number of aliphatic hydroxyl groups is 1. The first kappa shape index (κ1) is 18.3. The van der Waals surface area contributed by atoms with Crippen molar-refractivity contribution in [3.05, 3.63) is 47.0 Å². The Balaban J connectivity index is 1.71. The number of carbonyl (C=O) groups is 1. The molecule has 4 rings (SSSR count). The van der Waals surface area contributed by atoms with Crippen LogP contribution in [0.15, 0.2) is 24.4 Å². The minimum Gasteiger partial charge on any atom is -0.495 e. The molecule has 0 radical (unpaired) electrons. The Morgan fingerprint density at radius 1 is 1.43 bits per heavy atom. The Kier molecular flexibility index (Phi) is 4.90. The first-order chi connectivity index (χ1) is 13.6. The number of nitrogens with one attached hydrogen (secondary N) is 2. The number of amides is 1. The smallest absolute Gasteiger partial charge is 0.256 e. The highest BCUT2D eigenvalue weighted by atomic mass is 19.1. The number of β-amino-alcohol motifs (C(OH)–C–C–N with tert-alkyl or cyclic N) is 1. The van der Waals surface area contributed by atoms with E-state index in [-0.39, 0.29) is 17.6 Å². The molecule has 0 spiro atoms. The van der Waals surface area contributed by atoms with Crippen LogP contribution in [0.3, 0.4) is 0 Å². The van der Waals surface area contributed by atoms with Crippen LogP contribution in [0.2, 0.25) is 0 Å². The third-order valence-electron chi connectivity index (χ3n) is 4.93. The number of hydrogen-bond donors (Lipinski definition) is 3. The van der Waals surface area contributed by atoms with Crippen molar-refractivity contribution >= 4 is 23.2 Å². The van der Waals surface area contributed by atoms with Crippen LogP contribution in [0.1, 0.15) is 23.2 Å². The van der Waals surface area contributed by atoms with Gasteiger partial charge < -0.3 is 20.1 Å². The number of nitrogens with zero attached hydrogens (tertiary/aromatic N) is 1. The molecule has 7 heteroatoms. The number of ether oxygens (including phenoxy) is 1. The summed E-state index contributed by atoms with van der Waals surface area (Å²) in [5, 5.41) is 12.4. The van der Waals surface area contributed by atoms with Gasteiger partial charge >= 0.3 is 0 Å². The third kappa shape index (κ3) is 3.40. The Labute approximate surface area is 162 Å². The molecule has 0 bridgehead atoms. The fourth-order valence-corrected chi connectivity index (χ4v) is 3.52. The number of anilines is 1. The summed E-state index contributed by atoms with van der Waals surface area (Å²) in [5.41, 5.74) is 2.12. The number of H-pyrrole nitrogens is 1. The maximum atomic E-state index is 14.6. The van der Waals surface area contributed by atoms with Crippen LogP contribution < -0.4 is 10.1 Å². The van der Waals surface area contributed by atoms with Crippen LogP contribution in [0.4, 0.5) is 10.1 Å². The molecule has 2 aliphatic rings. The quantitative estimate of drug-likeness (QED) is 0.562. The van der Waals surface area contributed by atoms with Crippen LogP contribution in [0.25, 0.3) is 11.6 Å². The molecule has 1 aromatic carbocycles. The van der Waals surface area contributed by atoms with Crippen LogP contribution in [-0.4, -0.2) is 53.7 Å². The zero-order chi connectivity index (χ0) is 19.7. The molecule has 0 aliphatic carbocycles. The number of methoxy groups -OCH3 is 1. The summed E-state index contributed by atoms with van der Waals surface area (Å²) in [6.45, 7) is 1.77. The Bertz CT molecular complexity index is 1020. The molecule has 1 saturated heterocycles. The number of aromatic nitrogens is 1. The average Bonchev–Trinajstić information content (AvgIpc) is 3.37. The Morgan fingerprint density at radius 2 is 2.29 bits per heavy atom. The van der Waals surface area contributed by atoms with E-state index in [1.807, 2.05) is 4.90 Å². The number of benzene rings is 1. The first-order valence-corrected chi connectivity index (χ1v) is 9.03. The highest BCUT2D eigenvalue weighted by Gasteiger charge is 2.29. The molecule has 1 unspecified atom stereocenters. The van der Waals surface area contributed by atoms with Gasteiger partial charge in [0.05, 0.1) is 42.3 Å². The van der Waals surface area contributed by atoms with Gasteiger partial charge in [-0.3, -0.25) is 9.69 Å². The van der Waals surface area contributed by atoms with E-state index in [1.54, 1.807) is 25.4 Å². The number of likely N-dealkylation sites (tertiary alicyclic amines) is 1. The van der Waals surface area contributed by atoms with E-state index in [0.717, 1.165) is 13.0 Å². The Morgan fingerprint density at radius 3 is 3.04 bits per heavy atom.